The topological polar surface area (TPSA) is 21.3 Å². The van der Waals surface area contributed by atoms with Crippen molar-refractivity contribution in [1.82, 2.24) is 5.32 Å². The first-order valence-electron chi connectivity index (χ1n) is 6.80. The van der Waals surface area contributed by atoms with Crippen LogP contribution in [-0.2, 0) is 6.54 Å². The van der Waals surface area contributed by atoms with E-state index in [2.05, 4.69) is 24.4 Å². The van der Waals surface area contributed by atoms with Gasteiger partial charge < -0.3 is 10.1 Å². The Kier molecular flexibility index (Phi) is 4.74. The molecule has 20 heavy (non-hydrogen) atoms. The molecule has 0 unspecified atom stereocenters. The van der Waals surface area contributed by atoms with Crippen LogP contribution in [0.2, 0.25) is 0 Å². The summed E-state index contributed by atoms with van der Waals surface area (Å²) in [5, 5.41) is 3.30. The van der Waals surface area contributed by atoms with Gasteiger partial charge in [-0.15, -0.1) is 0 Å². The van der Waals surface area contributed by atoms with Crippen LogP contribution in [0.25, 0.3) is 11.1 Å². The predicted molar refractivity (Wildman–Crippen MR) is 80.5 cm³/mol. The van der Waals surface area contributed by atoms with Crippen LogP contribution < -0.4 is 10.1 Å². The molecule has 0 saturated carbocycles. The zero-order valence-electron chi connectivity index (χ0n) is 12.2. The number of rotatable bonds is 5. The maximum atomic E-state index is 13.5. The average Bonchev–Trinajstić information content (AvgIpc) is 2.45. The molecule has 0 radical (unpaired) electrons. The Hall–Kier alpha value is -1.87. The third kappa shape index (κ3) is 3.17. The zero-order chi connectivity index (χ0) is 14.5. The molecule has 106 valence electrons. The highest BCUT2D eigenvalue weighted by Gasteiger charge is 2.10. The van der Waals surface area contributed by atoms with Gasteiger partial charge in [0, 0.05) is 12.1 Å². The molecule has 0 spiro atoms. The van der Waals surface area contributed by atoms with Crippen LogP contribution in [0.3, 0.4) is 0 Å². The molecule has 0 saturated heterocycles. The van der Waals surface area contributed by atoms with E-state index in [4.69, 9.17) is 4.74 Å². The predicted octanol–water partition coefficient (Wildman–Crippen LogP) is 3.92. The number of benzene rings is 2. The minimum absolute atomic E-state index is 0.253. The monoisotopic (exact) mass is 273 g/mol. The highest BCUT2D eigenvalue weighted by molar-refractivity contribution is 5.73. The van der Waals surface area contributed by atoms with Gasteiger partial charge in [-0.2, -0.15) is 0 Å². The lowest BCUT2D eigenvalue weighted by atomic mass is 9.97. The van der Waals surface area contributed by atoms with Crippen LogP contribution in [0, 0.1) is 12.7 Å². The lowest BCUT2D eigenvalue weighted by Gasteiger charge is -2.13. The first-order valence-corrected chi connectivity index (χ1v) is 6.80. The van der Waals surface area contributed by atoms with Gasteiger partial charge in [-0.25, -0.2) is 4.39 Å². The number of hydrogen-bond donors (Lipinski definition) is 1. The minimum atomic E-state index is -0.253. The van der Waals surface area contributed by atoms with Crippen molar-refractivity contribution in [2.75, 3.05) is 13.7 Å². The summed E-state index contributed by atoms with van der Waals surface area (Å²) < 4.78 is 18.8. The summed E-state index contributed by atoms with van der Waals surface area (Å²) >= 11 is 0. The van der Waals surface area contributed by atoms with Crippen molar-refractivity contribution in [3.63, 3.8) is 0 Å². The van der Waals surface area contributed by atoms with Gasteiger partial charge in [0.25, 0.3) is 0 Å². The Morgan fingerprint density at radius 2 is 1.90 bits per heavy atom. The lowest BCUT2D eigenvalue weighted by Crippen LogP contribution is -2.11. The van der Waals surface area contributed by atoms with Crippen molar-refractivity contribution in [3.05, 3.63) is 53.3 Å². The van der Waals surface area contributed by atoms with E-state index in [0.717, 1.165) is 29.8 Å². The molecule has 0 bridgehead atoms. The Labute approximate surface area is 119 Å². The Balaban J connectivity index is 2.40. The molecule has 2 rings (SSSR count). The molecule has 0 fully saturated rings. The highest BCUT2D eigenvalue weighted by atomic mass is 19.1. The molecule has 0 atom stereocenters. The molecule has 3 heteroatoms. The second kappa shape index (κ2) is 6.53. The van der Waals surface area contributed by atoms with Crippen molar-refractivity contribution in [3.8, 4) is 16.9 Å². The normalized spacial score (nSPS) is 10.6. The highest BCUT2D eigenvalue weighted by Crippen LogP contribution is 2.33. The number of ether oxygens (including phenoxy) is 1. The van der Waals surface area contributed by atoms with E-state index >= 15 is 0 Å². The molecule has 2 aromatic carbocycles. The van der Waals surface area contributed by atoms with Gasteiger partial charge in [0.1, 0.15) is 11.6 Å². The van der Waals surface area contributed by atoms with Crippen LogP contribution in [0.4, 0.5) is 4.39 Å². The summed E-state index contributed by atoms with van der Waals surface area (Å²) in [6.45, 7) is 5.91. The first kappa shape index (κ1) is 14.5. The Morgan fingerprint density at radius 1 is 1.10 bits per heavy atom. The Bertz CT molecular complexity index is 596. The summed E-state index contributed by atoms with van der Waals surface area (Å²) in [6, 6.07) is 10.8. The minimum Gasteiger partial charge on any atom is -0.496 e. The van der Waals surface area contributed by atoms with Crippen molar-refractivity contribution in [2.24, 2.45) is 0 Å². The average molecular weight is 273 g/mol. The van der Waals surface area contributed by atoms with E-state index < -0.39 is 0 Å². The van der Waals surface area contributed by atoms with Crippen LogP contribution in [0.5, 0.6) is 5.75 Å². The van der Waals surface area contributed by atoms with Crippen LogP contribution in [-0.4, -0.2) is 13.7 Å². The van der Waals surface area contributed by atoms with E-state index in [9.17, 15) is 4.39 Å². The molecule has 0 amide bonds. The fourth-order valence-corrected chi connectivity index (χ4v) is 2.30. The third-order valence-corrected chi connectivity index (χ3v) is 3.32. The quantitative estimate of drug-likeness (QED) is 0.891. The summed E-state index contributed by atoms with van der Waals surface area (Å²) in [6.07, 6.45) is 0. The second-order valence-electron chi connectivity index (χ2n) is 4.77. The van der Waals surface area contributed by atoms with Crippen LogP contribution in [0.15, 0.2) is 36.4 Å². The maximum Gasteiger partial charge on any atom is 0.126 e. The molecule has 2 nitrogen and oxygen atoms in total. The van der Waals surface area contributed by atoms with E-state index in [-0.39, 0.29) is 5.82 Å². The lowest BCUT2D eigenvalue weighted by molar-refractivity contribution is 0.415. The number of hydrogen-bond acceptors (Lipinski definition) is 2. The van der Waals surface area contributed by atoms with Crippen molar-refractivity contribution >= 4 is 0 Å². The Morgan fingerprint density at radius 3 is 2.55 bits per heavy atom. The van der Waals surface area contributed by atoms with Crippen LogP contribution in [0.1, 0.15) is 18.1 Å². The smallest absolute Gasteiger partial charge is 0.126 e. The first-order chi connectivity index (χ1) is 9.65. The second-order valence-corrected chi connectivity index (χ2v) is 4.77. The number of halogens is 1. The van der Waals surface area contributed by atoms with Gasteiger partial charge >= 0.3 is 0 Å². The number of aryl methyl sites for hydroxylation is 1. The van der Waals surface area contributed by atoms with Crippen molar-refractivity contribution < 1.29 is 9.13 Å². The van der Waals surface area contributed by atoms with Gasteiger partial charge in [-0.3, -0.25) is 0 Å². The van der Waals surface area contributed by atoms with Gasteiger partial charge in [0.05, 0.1) is 7.11 Å². The van der Waals surface area contributed by atoms with Crippen molar-refractivity contribution in [1.29, 1.82) is 0 Å². The summed E-state index contributed by atoms with van der Waals surface area (Å²) in [5.74, 6) is 0.436. The van der Waals surface area contributed by atoms with E-state index in [0.29, 0.717) is 5.75 Å². The molecule has 0 heterocycles. The van der Waals surface area contributed by atoms with Gasteiger partial charge in [-0.05, 0) is 48.4 Å². The van der Waals surface area contributed by atoms with E-state index in [1.165, 1.54) is 17.7 Å². The van der Waals surface area contributed by atoms with E-state index in [1.54, 1.807) is 13.2 Å². The molecule has 1 N–H and O–H groups in total. The van der Waals surface area contributed by atoms with Gasteiger partial charge in [-0.1, -0.05) is 25.1 Å². The van der Waals surface area contributed by atoms with Crippen molar-refractivity contribution in [2.45, 2.75) is 20.4 Å². The summed E-state index contributed by atoms with van der Waals surface area (Å²) in [7, 11) is 1.60. The number of methoxy groups -OCH3 is 1. The van der Waals surface area contributed by atoms with E-state index in [1.807, 2.05) is 13.0 Å². The largest absolute Gasteiger partial charge is 0.496 e. The molecule has 0 aliphatic heterocycles. The maximum absolute atomic E-state index is 13.5. The third-order valence-electron chi connectivity index (χ3n) is 3.32. The SMILES string of the molecule is CCNCc1ccc(-c2cc(F)ccc2OC)c(C)c1. The number of nitrogens with one attached hydrogen (secondary N) is 1. The molecular weight excluding hydrogens is 253 g/mol. The molecule has 0 aliphatic carbocycles. The molecule has 0 aliphatic rings. The summed E-state index contributed by atoms with van der Waals surface area (Å²) in [4.78, 5) is 0. The van der Waals surface area contributed by atoms with Gasteiger partial charge in [0.2, 0.25) is 0 Å². The fourth-order valence-electron chi connectivity index (χ4n) is 2.30. The fraction of sp³-hybridized carbons (Fsp3) is 0.294. The molecular formula is C17H20FNO. The summed E-state index contributed by atoms with van der Waals surface area (Å²) in [5.41, 5.74) is 4.13. The van der Waals surface area contributed by atoms with Crippen LogP contribution >= 0.6 is 0 Å². The molecule has 0 aromatic heterocycles. The molecule has 2 aromatic rings. The standard InChI is InChI=1S/C17H20FNO/c1-4-19-11-13-5-7-15(12(2)9-13)16-10-14(18)6-8-17(16)20-3/h5-10,19H,4,11H2,1-3H3. The van der Waals surface area contributed by atoms with Gasteiger partial charge in [0.15, 0.2) is 0 Å². The zero-order valence-corrected chi connectivity index (χ0v) is 12.2.